The van der Waals surface area contributed by atoms with Crippen LogP contribution in [-0.2, 0) is 19.0 Å². The number of aromatic nitrogens is 1. The molecule has 0 aromatic carbocycles. The van der Waals surface area contributed by atoms with Crippen LogP contribution in [0.2, 0.25) is 0 Å². The van der Waals surface area contributed by atoms with Crippen molar-refractivity contribution in [1.82, 2.24) is 4.98 Å². The highest BCUT2D eigenvalue weighted by Crippen LogP contribution is 2.36. The zero-order valence-corrected chi connectivity index (χ0v) is 19.2. The summed E-state index contributed by atoms with van der Waals surface area (Å²) in [4.78, 5) is 52.0. The van der Waals surface area contributed by atoms with Crippen LogP contribution < -0.4 is 5.32 Å². The van der Waals surface area contributed by atoms with Crippen molar-refractivity contribution < 1.29 is 37.8 Å². The van der Waals surface area contributed by atoms with E-state index in [4.69, 9.17) is 18.6 Å². The lowest BCUT2D eigenvalue weighted by Crippen LogP contribution is -2.22. The summed E-state index contributed by atoms with van der Waals surface area (Å²) >= 11 is 1.11. The number of rotatable bonds is 8. The predicted octanol–water partition coefficient (Wildman–Crippen LogP) is 3.71. The molecule has 0 aliphatic heterocycles. The first kappa shape index (κ1) is 23.8. The van der Waals surface area contributed by atoms with Crippen molar-refractivity contribution in [1.29, 1.82) is 0 Å². The molecule has 0 bridgehead atoms. The Balaban J connectivity index is 1.72. The second-order valence-corrected chi connectivity index (χ2v) is 7.67. The number of carbonyl (C=O) groups excluding carboxylic acids is 4. The van der Waals surface area contributed by atoms with Crippen LogP contribution in [0.15, 0.2) is 28.2 Å². The highest BCUT2D eigenvalue weighted by molar-refractivity contribution is 7.15. The third-order valence-electron chi connectivity index (χ3n) is 4.68. The number of thiophene rings is 1. The summed E-state index contributed by atoms with van der Waals surface area (Å²) in [5.41, 5.74) is 1.70. The molecular formula is C22H22N2O8S. The van der Waals surface area contributed by atoms with Gasteiger partial charge in [-0.25, -0.2) is 14.4 Å². The number of nitrogens with one attached hydrogen (secondary N) is 2. The number of esters is 3. The number of carbonyl (C=O) groups is 4. The molecule has 0 aliphatic rings. The van der Waals surface area contributed by atoms with Crippen molar-refractivity contribution in [3.63, 3.8) is 0 Å². The van der Waals surface area contributed by atoms with Crippen molar-refractivity contribution >= 4 is 40.2 Å². The van der Waals surface area contributed by atoms with E-state index in [9.17, 15) is 19.2 Å². The number of hydrogen-bond donors (Lipinski definition) is 2. The maximum absolute atomic E-state index is 12.5. The maximum Gasteiger partial charge on any atom is 0.355 e. The molecule has 0 atom stereocenters. The topological polar surface area (TPSA) is 137 Å². The largest absolute Gasteiger partial charge is 0.465 e. The van der Waals surface area contributed by atoms with E-state index in [0.717, 1.165) is 11.3 Å². The minimum absolute atomic E-state index is 0.0455. The van der Waals surface area contributed by atoms with E-state index >= 15 is 0 Å². The zero-order valence-electron chi connectivity index (χ0n) is 18.4. The summed E-state index contributed by atoms with van der Waals surface area (Å²) in [6.45, 7) is 4.40. The van der Waals surface area contributed by atoms with Gasteiger partial charge in [0.2, 0.25) is 0 Å². The number of amides is 1. The van der Waals surface area contributed by atoms with Gasteiger partial charge in [-0.05, 0) is 38.5 Å². The second kappa shape index (κ2) is 10.2. The Morgan fingerprint density at radius 1 is 1.09 bits per heavy atom. The Bertz CT molecular complexity index is 1190. The van der Waals surface area contributed by atoms with E-state index in [1.807, 2.05) is 0 Å². The molecule has 3 aromatic rings. The molecule has 0 radical (unpaired) electrons. The highest BCUT2D eigenvalue weighted by atomic mass is 32.1. The molecule has 0 unspecified atom stereocenters. The molecule has 3 rings (SSSR count). The van der Waals surface area contributed by atoms with Crippen LogP contribution >= 0.6 is 11.3 Å². The fraction of sp³-hybridized carbons (Fsp3) is 0.273. The van der Waals surface area contributed by atoms with Gasteiger partial charge in [0.1, 0.15) is 22.0 Å². The molecule has 1 amide bonds. The van der Waals surface area contributed by atoms with Crippen LogP contribution in [0.3, 0.4) is 0 Å². The lowest BCUT2D eigenvalue weighted by molar-refractivity contribution is -0.119. The molecule has 0 aliphatic carbocycles. The predicted molar refractivity (Wildman–Crippen MR) is 118 cm³/mol. The lowest BCUT2D eigenvalue weighted by Gasteiger charge is -2.08. The fourth-order valence-electron chi connectivity index (χ4n) is 3.20. The van der Waals surface area contributed by atoms with E-state index in [0.29, 0.717) is 22.6 Å². The van der Waals surface area contributed by atoms with Crippen molar-refractivity contribution in [2.45, 2.75) is 20.8 Å². The smallest absolute Gasteiger partial charge is 0.355 e. The monoisotopic (exact) mass is 474 g/mol. The molecule has 11 heteroatoms. The van der Waals surface area contributed by atoms with E-state index in [1.165, 1.54) is 13.4 Å². The summed E-state index contributed by atoms with van der Waals surface area (Å²) in [5.74, 6) is -2.23. The summed E-state index contributed by atoms with van der Waals surface area (Å²) < 4.78 is 20.3. The molecule has 0 saturated heterocycles. The molecule has 33 heavy (non-hydrogen) atoms. The first-order chi connectivity index (χ1) is 15.8. The molecule has 0 spiro atoms. The molecular weight excluding hydrogens is 452 g/mol. The van der Waals surface area contributed by atoms with Crippen molar-refractivity contribution in [3.05, 3.63) is 51.9 Å². The van der Waals surface area contributed by atoms with Crippen LogP contribution in [0.1, 0.15) is 49.4 Å². The first-order valence-electron chi connectivity index (χ1n) is 9.85. The standard InChI is InChI=1S/C22H22N2O8S/c1-5-30-21(27)17-13(14-7-6-8-31-14)10-33-19(17)24-15(25)9-32-22(28)18-11(2)16(12(3)23-18)20(26)29-4/h6-8,10,23H,5,9H2,1-4H3,(H,24,25). The van der Waals surface area contributed by atoms with Gasteiger partial charge in [-0.1, -0.05) is 0 Å². The highest BCUT2D eigenvalue weighted by Gasteiger charge is 2.26. The van der Waals surface area contributed by atoms with Gasteiger partial charge in [-0.3, -0.25) is 4.79 Å². The Kier molecular flexibility index (Phi) is 7.34. The Morgan fingerprint density at radius 3 is 2.48 bits per heavy atom. The molecule has 174 valence electrons. The third-order valence-corrected chi connectivity index (χ3v) is 5.57. The van der Waals surface area contributed by atoms with Gasteiger partial charge in [0.15, 0.2) is 6.61 Å². The molecule has 0 fully saturated rings. The summed E-state index contributed by atoms with van der Waals surface area (Å²) in [7, 11) is 1.24. The van der Waals surface area contributed by atoms with Gasteiger partial charge in [-0.15, -0.1) is 11.3 Å². The minimum atomic E-state index is -0.811. The molecule has 10 nitrogen and oxygen atoms in total. The molecule has 2 N–H and O–H groups in total. The van der Waals surface area contributed by atoms with Gasteiger partial charge in [-0.2, -0.15) is 0 Å². The maximum atomic E-state index is 12.5. The quantitative estimate of drug-likeness (QED) is 0.372. The van der Waals surface area contributed by atoms with E-state index < -0.39 is 30.4 Å². The zero-order chi connectivity index (χ0) is 24.1. The minimum Gasteiger partial charge on any atom is -0.465 e. The van der Waals surface area contributed by atoms with Crippen LogP contribution in [0.25, 0.3) is 11.3 Å². The number of furan rings is 1. The molecule has 3 aromatic heterocycles. The van der Waals surface area contributed by atoms with Crippen LogP contribution in [0.5, 0.6) is 0 Å². The second-order valence-electron chi connectivity index (χ2n) is 6.79. The molecule has 0 saturated carbocycles. The Labute approximate surface area is 192 Å². The number of anilines is 1. The van der Waals surface area contributed by atoms with Crippen molar-refractivity contribution in [2.24, 2.45) is 0 Å². The number of H-pyrrole nitrogens is 1. The summed E-state index contributed by atoms with van der Waals surface area (Å²) in [6, 6.07) is 3.36. The summed E-state index contributed by atoms with van der Waals surface area (Å²) in [6.07, 6.45) is 1.47. The van der Waals surface area contributed by atoms with Crippen LogP contribution in [0.4, 0.5) is 5.00 Å². The normalized spacial score (nSPS) is 10.5. The van der Waals surface area contributed by atoms with Crippen LogP contribution in [-0.4, -0.2) is 49.1 Å². The van der Waals surface area contributed by atoms with Crippen LogP contribution in [0, 0.1) is 13.8 Å². The summed E-state index contributed by atoms with van der Waals surface area (Å²) in [5, 5.41) is 4.47. The van der Waals surface area contributed by atoms with E-state index in [1.54, 1.807) is 38.3 Å². The lowest BCUT2D eigenvalue weighted by atomic mass is 10.1. The Hall–Kier alpha value is -3.86. The average molecular weight is 474 g/mol. The van der Waals surface area contributed by atoms with Crippen molar-refractivity contribution in [3.8, 4) is 11.3 Å². The van der Waals surface area contributed by atoms with E-state index in [2.05, 4.69) is 10.3 Å². The SMILES string of the molecule is CCOC(=O)c1c(-c2ccco2)csc1NC(=O)COC(=O)c1[nH]c(C)c(C(=O)OC)c1C. The number of ether oxygens (including phenoxy) is 3. The number of hydrogen-bond acceptors (Lipinski definition) is 9. The fourth-order valence-corrected chi connectivity index (χ4v) is 4.15. The van der Waals surface area contributed by atoms with Crippen molar-refractivity contribution in [2.75, 3.05) is 25.6 Å². The average Bonchev–Trinajstić information content (AvgIpc) is 3.51. The van der Waals surface area contributed by atoms with Gasteiger partial charge in [0, 0.05) is 16.6 Å². The molecule has 3 heterocycles. The van der Waals surface area contributed by atoms with Gasteiger partial charge in [0.05, 0.1) is 25.5 Å². The number of aromatic amines is 1. The van der Waals surface area contributed by atoms with Gasteiger partial charge in [0.25, 0.3) is 5.91 Å². The Morgan fingerprint density at radius 2 is 1.85 bits per heavy atom. The van der Waals surface area contributed by atoms with E-state index in [-0.39, 0.29) is 28.4 Å². The first-order valence-corrected chi connectivity index (χ1v) is 10.7. The number of aryl methyl sites for hydroxylation is 1. The third kappa shape index (κ3) is 4.98. The van der Waals surface area contributed by atoms with Gasteiger partial charge < -0.3 is 28.9 Å². The van der Waals surface area contributed by atoms with Gasteiger partial charge >= 0.3 is 17.9 Å². The number of methoxy groups -OCH3 is 1.